The number of benzene rings is 2. The van der Waals surface area contributed by atoms with Crippen LogP contribution >= 0.6 is 0 Å². The van der Waals surface area contributed by atoms with Gasteiger partial charge in [0, 0.05) is 38.2 Å². The smallest absolute Gasteiger partial charge is 0.241 e. The molecule has 2 aromatic rings. The largest absolute Gasteiger partial charge is 0.486 e. The van der Waals surface area contributed by atoms with Gasteiger partial charge >= 0.3 is 0 Å². The molecule has 35 heavy (non-hydrogen) atoms. The lowest BCUT2D eigenvalue weighted by molar-refractivity contribution is -0.141. The Kier molecular flexibility index (Phi) is 6.66. The second-order valence-corrected chi connectivity index (χ2v) is 10.8. The van der Waals surface area contributed by atoms with Crippen molar-refractivity contribution in [3.8, 4) is 11.5 Å². The molecule has 2 aromatic carbocycles. The lowest BCUT2D eigenvalue weighted by atomic mass is 10.1. The molecule has 3 aliphatic rings. The van der Waals surface area contributed by atoms with Crippen LogP contribution in [0.1, 0.15) is 18.4 Å². The zero-order valence-corrected chi connectivity index (χ0v) is 20.2. The Labute approximate surface area is 205 Å². The van der Waals surface area contributed by atoms with E-state index in [4.69, 9.17) is 9.47 Å². The summed E-state index contributed by atoms with van der Waals surface area (Å²) >= 11 is 0. The monoisotopic (exact) mass is 499 g/mol. The Morgan fingerprint density at radius 3 is 2.26 bits per heavy atom. The predicted octanol–water partition coefficient (Wildman–Crippen LogP) is 1.43. The molecule has 1 aliphatic carbocycles. The van der Waals surface area contributed by atoms with Crippen molar-refractivity contribution in [3.05, 3.63) is 54.1 Å². The zero-order valence-electron chi connectivity index (χ0n) is 19.4. The van der Waals surface area contributed by atoms with Gasteiger partial charge in [-0.1, -0.05) is 30.3 Å². The third kappa shape index (κ3) is 5.43. The molecule has 2 amide bonds. The lowest BCUT2D eigenvalue weighted by Gasteiger charge is -2.36. The predicted molar refractivity (Wildman–Crippen MR) is 128 cm³/mol. The van der Waals surface area contributed by atoms with E-state index in [0.29, 0.717) is 50.9 Å². The maximum atomic E-state index is 13.5. The first-order valence-electron chi connectivity index (χ1n) is 11.9. The van der Waals surface area contributed by atoms with Crippen molar-refractivity contribution in [2.24, 2.45) is 5.92 Å². The summed E-state index contributed by atoms with van der Waals surface area (Å²) in [5.74, 6) is 0.860. The minimum atomic E-state index is -4.02. The van der Waals surface area contributed by atoms with Crippen molar-refractivity contribution in [1.29, 1.82) is 0 Å². The van der Waals surface area contributed by atoms with Gasteiger partial charge in [-0.25, -0.2) is 8.42 Å². The number of carbonyl (C=O) groups is 2. The average molecular weight is 500 g/mol. The third-order valence-electron chi connectivity index (χ3n) is 6.53. The van der Waals surface area contributed by atoms with Gasteiger partial charge in [0.05, 0.1) is 4.90 Å². The number of nitrogens with one attached hydrogen (secondary N) is 1. The molecule has 0 radical (unpaired) electrons. The second kappa shape index (κ2) is 9.87. The molecule has 2 fully saturated rings. The molecule has 0 spiro atoms. The van der Waals surface area contributed by atoms with E-state index in [1.165, 1.54) is 12.1 Å². The van der Waals surface area contributed by atoms with Crippen LogP contribution in [-0.4, -0.2) is 75.5 Å². The van der Waals surface area contributed by atoms with Crippen LogP contribution in [0.25, 0.3) is 0 Å². The average Bonchev–Trinajstić information content (AvgIpc) is 3.73. The normalized spacial score (nSPS) is 18.7. The van der Waals surface area contributed by atoms with E-state index in [2.05, 4.69) is 4.72 Å². The Hall–Kier alpha value is -3.11. The van der Waals surface area contributed by atoms with Crippen LogP contribution in [0.3, 0.4) is 0 Å². The maximum absolute atomic E-state index is 13.5. The molecule has 5 rings (SSSR count). The quantitative estimate of drug-likeness (QED) is 0.618. The van der Waals surface area contributed by atoms with Gasteiger partial charge in [-0.3, -0.25) is 9.59 Å². The number of hydrogen-bond acceptors (Lipinski definition) is 6. The first-order chi connectivity index (χ1) is 16.9. The van der Waals surface area contributed by atoms with Crippen molar-refractivity contribution in [3.63, 3.8) is 0 Å². The minimum absolute atomic E-state index is 0.00691. The summed E-state index contributed by atoms with van der Waals surface area (Å²) in [7, 11) is -4.02. The highest BCUT2D eigenvalue weighted by Gasteiger charge is 2.37. The van der Waals surface area contributed by atoms with E-state index >= 15 is 0 Å². The summed E-state index contributed by atoms with van der Waals surface area (Å²) < 4.78 is 40.2. The van der Waals surface area contributed by atoms with E-state index in [0.717, 1.165) is 18.4 Å². The molecule has 2 heterocycles. The molecule has 186 valence electrons. The molecule has 1 saturated carbocycles. The van der Waals surface area contributed by atoms with Crippen molar-refractivity contribution in [2.45, 2.75) is 30.2 Å². The van der Waals surface area contributed by atoms with Crippen LogP contribution in [0.4, 0.5) is 0 Å². The van der Waals surface area contributed by atoms with Crippen molar-refractivity contribution >= 4 is 21.8 Å². The number of ether oxygens (including phenoxy) is 2. The number of hydrogen-bond donors (Lipinski definition) is 1. The Morgan fingerprint density at radius 2 is 1.57 bits per heavy atom. The summed E-state index contributed by atoms with van der Waals surface area (Å²) in [6.45, 7) is 2.45. The highest BCUT2D eigenvalue weighted by molar-refractivity contribution is 7.89. The fraction of sp³-hybridized carbons (Fsp3) is 0.440. The summed E-state index contributed by atoms with van der Waals surface area (Å²) in [6.07, 6.45) is 2.10. The molecule has 0 unspecified atom stereocenters. The van der Waals surface area contributed by atoms with Crippen LogP contribution in [0.2, 0.25) is 0 Å². The standard InChI is InChI=1S/C25H29N3O6S/c29-24(19-6-7-19)27-10-12-28(13-11-27)25(30)21(16-18-4-2-1-3-5-18)26-35(31,32)20-8-9-22-23(17-20)34-15-14-33-22/h1-5,8-9,17,19,21,26H,6-7,10-16H2/t21-/m1/s1. The molecule has 1 N–H and O–H groups in total. The fourth-order valence-corrected chi connectivity index (χ4v) is 5.64. The number of sulfonamides is 1. The van der Waals surface area contributed by atoms with Gasteiger partial charge in [-0.05, 0) is 37.0 Å². The van der Waals surface area contributed by atoms with Crippen LogP contribution in [-0.2, 0) is 26.0 Å². The molecular formula is C25H29N3O6S. The summed E-state index contributed by atoms with van der Waals surface area (Å²) in [6, 6.07) is 12.8. The van der Waals surface area contributed by atoms with Crippen molar-refractivity contribution in [2.75, 3.05) is 39.4 Å². The topological polar surface area (TPSA) is 105 Å². The van der Waals surface area contributed by atoms with Crippen LogP contribution in [0.5, 0.6) is 11.5 Å². The number of carbonyl (C=O) groups excluding carboxylic acids is 2. The second-order valence-electron chi connectivity index (χ2n) is 9.09. The first kappa shape index (κ1) is 23.6. The summed E-state index contributed by atoms with van der Waals surface area (Å²) in [4.78, 5) is 29.4. The molecule has 10 heteroatoms. The van der Waals surface area contributed by atoms with Gasteiger partial charge in [0.1, 0.15) is 19.3 Å². The number of piperazine rings is 1. The van der Waals surface area contributed by atoms with Gasteiger partial charge in [0.25, 0.3) is 0 Å². The van der Waals surface area contributed by atoms with Gasteiger partial charge in [-0.2, -0.15) is 4.72 Å². The third-order valence-corrected chi connectivity index (χ3v) is 8.00. The molecule has 1 atom stereocenters. The molecule has 9 nitrogen and oxygen atoms in total. The number of nitrogens with zero attached hydrogens (tertiary/aromatic N) is 2. The highest BCUT2D eigenvalue weighted by atomic mass is 32.2. The minimum Gasteiger partial charge on any atom is -0.486 e. The molecule has 0 bridgehead atoms. The summed E-state index contributed by atoms with van der Waals surface area (Å²) in [5, 5.41) is 0. The van der Waals surface area contributed by atoms with E-state index < -0.39 is 16.1 Å². The number of amides is 2. The van der Waals surface area contributed by atoms with Gasteiger partial charge in [0.15, 0.2) is 11.5 Å². The van der Waals surface area contributed by atoms with Crippen LogP contribution < -0.4 is 14.2 Å². The van der Waals surface area contributed by atoms with Crippen molar-refractivity contribution < 1.29 is 27.5 Å². The summed E-state index contributed by atoms with van der Waals surface area (Å²) in [5.41, 5.74) is 0.846. The Morgan fingerprint density at radius 1 is 0.914 bits per heavy atom. The van der Waals surface area contributed by atoms with E-state index in [1.807, 2.05) is 35.2 Å². The fourth-order valence-electron chi connectivity index (χ4n) is 4.43. The van der Waals surface area contributed by atoms with E-state index in [-0.39, 0.29) is 29.0 Å². The van der Waals surface area contributed by atoms with Crippen LogP contribution in [0.15, 0.2) is 53.4 Å². The molecule has 0 aromatic heterocycles. The van der Waals surface area contributed by atoms with E-state index in [9.17, 15) is 18.0 Å². The lowest BCUT2D eigenvalue weighted by Crippen LogP contribution is -2.56. The highest BCUT2D eigenvalue weighted by Crippen LogP contribution is 2.33. The number of rotatable bonds is 7. The molecule has 2 aliphatic heterocycles. The van der Waals surface area contributed by atoms with Crippen molar-refractivity contribution in [1.82, 2.24) is 14.5 Å². The molecular weight excluding hydrogens is 470 g/mol. The Balaban J connectivity index is 1.33. The number of fused-ring (bicyclic) bond motifs is 1. The zero-order chi connectivity index (χ0) is 24.4. The maximum Gasteiger partial charge on any atom is 0.241 e. The SMILES string of the molecule is O=C(C1CC1)N1CCN(C(=O)[C@@H](Cc2ccccc2)NS(=O)(=O)c2ccc3c(c2)OCCO3)CC1. The van der Waals surface area contributed by atoms with Crippen LogP contribution in [0, 0.1) is 5.92 Å². The van der Waals surface area contributed by atoms with Gasteiger partial charge in [-0.15, -0.1) is 0 Å². The van der Waals surface area contributed by atoms with Gasteiger partial charge < -0.3 is 19.3 Å². The van der Waals surface area contributed by atoms with Gasteiger partial charge in [0.2, 0.25) is 21.8 Å². The molecule has 1 saturated heterocycles. The van der Waals surface area contributed by atoms with E-state index in [1.54, 1.807) is 11.0 Å². The first-order valence-corrected chi connectivity index (χ1v) is 13.4. The Bertz CT molecular complexity index is 1190.